The molecule has 1 aliphatic rings. The lowest BCUT2D eigenvalue weighted by atomic mass is 9.99. The highest BCUT2D eigenvalue weighted by atomic mass is 16.5. The molecule has 1 aromatic heterocycles. The van der Waals surface area contributed by atoms with Crippen molar-refractivity contribution < 1.29 is 4.74 Å². The van der Waals surface area contributed by atoms with Crippen LogP contribution in [0.25, 0.3) is 0 Å². The number of nitrogens with one attached hydrogen (secondary N) is 1. The summed E-state index contributed by atoms with van der Waals surface area (Å²) in [7, 11) is 0. The second kappa shape index (κ2) is 5.19. The van der Waals surface area contributed by atoms with Crippen LogP contribution >= 0.6 is 0 Å². The molecule has 1 aromatic carbocycles. The van der Waals surface area contributed by atoms with Gasteiger partial charge in [-0.2, -0.15) is 0 Å². The molecule has 3 nitrogen and oxygen atoms in total. The first kappa shape index (κ1) is 11.2. The van der Waals surface area contributed by atoms with Crippen molar-refractivity contribution >= 4 is 0 Å². The Bertz CT molecular complexity index is 525. The van der Waals surface area contributed by atoms with E-state index in [0.29, 0.717) is 6.61 Å². The second-order valence-corrected chi connectivity index (χ2v) is 4.51. The Balaban J connectivity index is 1.70. The summed E-state index contributed by atoms with van der Waals surface area (Å²) in [6.07, 6.45) is 4.61. The molecule has 18 heavy (non-hydrogen) atoms. The Morgan fingerprint density at radius 2 is 2.22 bits per heavy atom. The number of benzene rings is 1. The van der Waals surface area contributed by atoms with E-state index in [4.69, 9.17) is 4.74 Å². The molecule has 0 amide bonds. The number of hydrogen-bond donors (Lipinski definition) is 1. The fourth-order valence-electron chi connectivity index (χ4n) is 2.22. The molecule has 0 aliphatic carbocycles. The van der Waals surface area contributed by atoms with Crippen molar-refractivity contribution in [1.82, 2.24) is 10.3 Å². The van der Waals surface area contributed by atoms with E-state index in [9.17, 15) is 0 Å². The summed E-state index contributed by atoms with van der Waals surface area (Å²) in [6, 6.07) is 10.4. The van der Waals surface area contributed by atoms with E-state index in [2.05, 4.69) is 28.5 Å². The van der Waals surface area contributed by atoms with Gasteiger partial charge in [0.25, 0.3) is 0 Å². The van der Waals surface area contributed by atoms with Crippen molar-refractivity contribution in [2.75, 3.05) is 6.54 Å². The van der Waals surface area contributed by atoms with Crippen molar-refractivity contribution in [3.63, 3.8) is 0 Å². The zero-order valence-electron chi connectivity index (χ0n) is 10.2. The number of aromatic nitrogens is 1. The molecule has 0 bridgehead atoms. The van der Waals surface area contributed by atoms with Gasteiger partial charge in [0.05, 0.1) is 6.20 Å². The van der Waals surface area contributed by atoms with Crippen LogP contribution in [0, 0.1) is 0 Å². The zero-order valence-corrected chi connectivity index (χ0v) is 10.2. The maximum absolute atomic E-state index is 5.70. The fourth-order valence-corrected chi connectivity index (χ4v) is 2.22. The van der Waals surface area contributed by atoms with Crippen LogP contribution in [-0.4, -0.2) is 11.5 Å². The van der Waals surface area contributed by atoms with E-state index in [-0.39, 0.29) is 0 Å². The largest absolute Gasteiger partial charge is 0.487 e. The SMILES string of the molecule is c1cncc(OCc2ccc3c(c2)CNCC3)c1. The summed E-state index contributed by atoms with van der Waals surface area (Å²) in [5.74, 6) is 0.813. The van der Waals surface area contributed by atoms with E-state index in [1.54, 1.807) is 12.4 Å². The van der Waals surface area contributed by atoms with Gasteiger partial charge in [-0.05, 0) is 41.8 Å². The second-order valence-electron chi connectivity index (χ2n) is 4.51. The number of pyridine rings is 1. The molecule has 0 saturated carbocycles. The van der Waals surface area contributed by atoms with Gasteiger partial charge in [0.2, 0.25) is 0 Å². The molecule has 0 fully saturated rings. The summed E-state index contributed by atoms with van der Waals surface area (Å²) in [6.45, 7) is 2.65. The molecule has 0 spiro atoms. The average Bonchev–Trinajstić information content (AvgIpc) is 2.46. The highest BCUT2D eigenvalue weighted by molar-refractivity contribution is 5.33. The van der Waals surface area contributed by atoms with Crippen molar-refractivity contribution in [3.05, 3.63) is 59.4 Å². The smallest absolute Gasteiger partial charge is 0.138 e. The molecule has 0 radical (unpaired) electrons. The molecule has 0 unspecified atom stereocenters. The first-order valence-corrected chi connectivity index (χ1v) is 6.26. The third-order valence-electron chi connectivity index (χ3n) is 3.20. The standard InChI is InChI=1S/C15H16N2O/c1-2-15(10-16-6-1)18-11-12-3-4-13-5-7-17-9-14(13)8-12/h1-4,6,8,10,17H,5,7,9,11H2. The third-order valence-corrected chi connectivity index (χ3v) is 3.20. The molecule has 1 aliphatic heterocycles. The molecule has 3 heteroatoms. The van der Waals surface area contributed by atoms with Gasteiger partial charge in [-0.3, -0.25) is 4.98 Å². The van der Waals surface area contributed by atoms with E-state index in [0.717, 1.165) is 25.3 Å². The van der Waals surface area contributed by atoms with Gasteiger partial charge in [0.1, 0.15) is 12.4 Å². The highest BCUT2D eigenvalue weighted by Crippen LogP contribution is 2.17. The van der Waals surface area contributed by atoms with Gasteiger partial charge in [0.15, 0.2) is 0 Å². The van der Waals surface area contributed by atoms with Gasteiger partial charge >= 0.3 is 0 Å². The van der Waals surface area contributed by atoms with E-state index < -0.39 is 0 Å². The van der Waals surface area contributed by atoms with Crippen LogP contribution in [0.2, 0.25) is 0 Å². The summed E-state index contributed by atoms with van der Waals surface area (Å²) < 4.78 is 5.70. The molecular weight excluding hydrogens is 224 g/mol. The molecule has 2 aromatic rings. The summed E-state index contributed by atoms with van der Waals surface area (Å²) in [5.41, 5.74) is 4.06. The first-order valence-electron chi connectivity index (χ1n) is 6.26. The lowest BCUT2D eigenvalue weighted by molar-refractivity contribution is 0.304. The molecule has 0 saturated heterocycles. The van der Waals surface area contributed by atoms with Crippen molar-refractivity contribution in [2.24, 2.45) is 0 Å². The van der Waals surface area contributed by atoms with Gasteiger partial charge in [-0.1, -0.05) is 18.2 Å². The van der Waals surface area contributed by atoms with E-state index >= 15 is 0 Å². The lowest BCUT2D eigenvalue weighted by Gasteiger charge is -2.18. The van der Waals surface area contributed by atoms with Crippen LogP contribution < -0.4 is 10.1 Å². The van der Waals surface area contributed by atoms with Gasteiger partial charge in [-0.15, -0.1) is 0 Å². The van der Waals surface area contributed by atoms with Crippen LogP contribution in [0.15, 0.2) is 42.7 Å². The first-order chi connectivity index (χ1) is 8.92. The van der Waals surface area contributed by atoms with Gasteiger partial charge < -0.3 is 10.1 Å². The Hall–Kier alpha value is -1.87. The molecule has 2 heterocycles. The Morgan fingerprint density at radius 1 is 1.22 bits per heavy atom. The lowest BCUT2D eigenvalue weighted by Crippen LogP contribution is -2.23. The van der Waals surface area contributed by atoms with E-state index in [1.165, 1.54) is 16.7 Å². The van der Waals surface area contributed by atoms with Crippen LogP contribution in [-0.2, 0) is 19.6 Å². The predicted molar refractivity (Wildman–Crippen MR) is 70.4 cm³/mol. The molecule has 0 atom stereocenters. The molecule has 3 rings (SSSR count). The number of rotatable bonds is 3. The number of fused-ring (bicyclic) bond motifs is 1. The monoisotopic (exact) mass is 240 g/mol. The van der Waals surface area contributed by atoms with E-state index in [1.807, 2.05) is 12.1 Å². The number of hydrogen-bond acceptors (Lipinski definition) is 3. The highest BCUT2D eigenvalue weighted by Gasteiger charge is 2.08. The van der Waals surface area contributed by atoms with Crippen molar-refractivity contribution in [2.45, 2.75) is 19.6 Å². The Morgan fingerprint density at radius 3 is 3.11 bits per heavy atom. The van der Waals surface area contributed by atoms with Crippen LogP contribution in [0.5, 0.6) is 5.75 Å². The normalized spacial score (nSPS) is 14.0. The van der Waals surface area contributed by atoms with Crippen molar-refractivity contribution in [3.8, 4) is 5.75 Å². The zero-order chi connectivity index (χ0) is 12.2. The average molecular weight is 240 g/mol. The van der Waals surface area contributed by atoms with Gasteiger partial charge in [0, 0.05) is 12.7 Å². The van der Waals surface area contributed by atoms with Crippen LogP contribution in [0.1, 0.15) is 16.7 Å². The van der Waals surface area contributed by atoms with Gasteiger partial charge in [-0.25, -0.2) is 0 Å². The third kappa shape index (κ3) is 2.51. The Labute approximate surface area is 107 Å². The van der Waals surface area contributed by atoms with Crippen LogP contribution in [0.4, 0.5) is 0 Å². The number of nitrogens with zero attached hydrogens (tertiary/aromatic N) is 1. The minimum Gasteiger partial charge on any atom is -0.487 e. The molecule has 92 valence electrons. The quantitative estimate of drug-likeness (QED) is 0.894. The number of ether oxygens (including phenoxy) is 1. The minimum atomic E-state index is 0.596. The Kier molecular flexibility index (Phi) is 3.24. The maximum atomic E-state index is 5.70. The fraction of sp³-hybridized carbons (Fsp3) is 0.267. The summed E-state index contributed by atoms with van der Waals surface area (Å²) >= 11 is 0. The molecular formula is C15H16N2O. The topological polar surface area (TPSA) is 34.1 Å². The predicted octanol–water partition coefficient (Wildman–Crippen LogP) is 2.31. The van der Waals surface area contributed by atoms with Crippen LogP contribution in [0.3, 0.4) is 0 Å². The maximum Gasteiger partial charge on any atom is 0.138 e. The summed E-state index contributed by atoms with van der Waals surface area (Å²) in [5, 5.41) is 3.39. The molecule has 1 N–H and O–H groups in total. The van der Waals surface area contributed by atoms with Crippen molar-refractivity contribution in [1.29, 1.82) is 0 Å². The minimum absolute atomic E-state index is 0.596. The summed E-state index contributed by atoms with van der Waals surface area (Å²) in [4.78, 5) is 4.03.